The number of aromatic nitrogens is 1. The number of anilines is 1. The molecule has 4 nitrogen and oxygen atoms in total. The van der Waals surface area contributed by atoms with E-state index in [1.807, 2.05) is 11.8 Å². The second-order valence-corrected chi connectivity index (χ2v) is 3.88. The number of nitrogens with one attached hydrogen (secondary N) is 1. The third-order valence-corrected chi connectivity index (χ3v) is 2.17. The van der Waals surface area contributed by atoms with Crippen LogP contribution in [0.5, 0.6) is 0 Å². The summed E-state index contributed by atoms with van der Waals surface area (Å²) in [6, 6.07) is 1.04. The average molecular weight is 221 g/mol. The van der Waals surface area contributed by atoms with E-state index in [2.05, 4.69) is 30.1 Å². The fraction of sp³-hybridized carbons (Fsp3) is 0.583. The number of nitrogens with zero attached hydrogens (tertiary/aromatic N) is 2. The maximum absolute atomic E-state index is 5.38. The molecule has 0 aliphatic rings. The molecule has 1 rings (SSSR count). The average Bonchev–Trinajstić information content (AvgIpc) is 2.71. The van der Waals surface area contributed by atoms with Crippen LogP contribution in [0.4, 0.5) is 6.01 Å². The standard InChI is InChI=1S/C12H19N3O/c1-5-7-15(6-2)12-14-11(9-16-12)8-13-10(3)4/h1,9-10,13H,6-8H2,2-4H3. The van der Waals surface area contributed by atoms with Crippen LogP contribution in [0.25, 0.3) is 0 Å². The van der Waals surface area contributed by atoms with Gasteiger partial charge in [0.1, 0.15) is 6.26 Å². The van der Waals surface area contributed by atoms with E-state index >= 15 is 0 Å². The summed E-state index contributed by atoms with van der Waals surface area (Å²) >= 11 is 0. The molecule has 0 aliphatic heterocycles. The Kier molecular flexibility index (Phi) is 4.87. The van der Waals surface area contributed by atoms with Crippen LogP contribution >= 0.6 is 0 Å². The second kappa shape index (κ2) is 6.19. The third-order valence-electron chi connectivity index (χ3n) is 2.17. The van der Waals surface area contributed by atoms with E-state index in [0.717, 1.165) is 18.8 Å². The first-order valence-corrected chi connectivity index (χ1v) is 5.53. The SMILES string of the molecule is C#CCN(CC)c1nc(CNC(C)C)co1. The number of hydrogen-bond donors (Lipinski definition) is 1. The molecule has 0 saturated carbocycles. The molecule has 0 saturated heterocycles. The van der Waals surface area contributed by atoms with Gasteiger partial charge in [-0.05, 0) is 6.92 Å². The molecule has 88 valence electrons. The van der Waals surface area contributed by atoms with Crippen molar-refractivity contribution in [2.75, 3.05) is 18.0 Å². The lowest BCUT2D eigenvalue weighted by Crippen LogP contribution is -2.24. The first kappa shape index (κ1) is 12.6. The van der Waals surface area contributed by atoms with Crippen LogP contribution in [0.1, 0.15) is 26.5 Å². The molecule has 0 bridgehead atoms. The third kappa shape index (κ3) is 3.59. The highest BCUT2D eigenvalue weighted by atomic mass is 16.4. The van der Waals surface area contributed by atoms with Crippen LogP contribution in [0.3, 0.4) is 0 Å². The van der Waals surface area contributed by atoms with Crippen molar-refractivity contribution in [2.24, 2.45) is 0 Å². The van der Waals surface area contributed by atoms with Crippen molar-refractivity contribution in [1.82, 2.24) is 10.3 Å². The Labute approximate surface area is 97.0 Å². The highest BCUT2D eigenvalue weighted by Crippen LogP contribution is 2.12. The Balaban J connectivity index is 2.59. The summed E-state index contributed by atoms with van der Waals surface area (Å²) in [5.41, 5.74) is 0.902. The van der Waals surface area contributed by atoms with Gasteiger partial charge in [-0.15, -0.1) is 6.42 Å². The first-order chi connectivity index (χ1) is 7.67. The molecular formula is C12H19N3O. The van der Waals surface area contributed by atoms with Gasteiger partial charge in [0.15, 0.2) is 0 Å². The van der Waals surface area contributed by atoms with E-state index in [9.17, 15) is 0 Å². The van der Waals surface area contributed by atoms with Gasteiger partial charge in [0, 0.05) is 19.1 Å². The van der Waals surface area contributed by atoms with Crippen molar-refractivity contribution >= 4 is 6.01 Å². The van der Waals surface area contributed by atoms with Crippen LogP contribution in [-0.4, -0.2) is 24.1 Å². The summed E-state index contributed by atoms with van der Waals surface area (Å²) in [6.07, 6.45) is 6.94. The Morgan fingerprint density at radius 3 is 2.94 bits per heavy atom. The van der Waals surface area contributed by atoms with E-state index in [0.29, 0.717) is 18.6 Å². The summed E-state index contributed by atoms with van der Waals surface area (Å²) in [5.74, 6) is 2.59. The van der Waals surface area contributed by atoms with E-state index < -0.39 is 0 Å². The molecule has 0 atom stereocenters. The monoisotopic (exact) mass is 221 g/mol. The minimum atomic E-state index is 0.438. The number of hydrogen-bond acceptors (Lipinski definition) is 4. The van der Waals surface area contributed by atoms with Gasteiger partial charge in [0.25, 0.3) is 6.01 Å². The molecular weight excluding hydrogens is 202 g/mol. The fourth-order valence-corrected chi connectivity index (χ4v) is 1.26. The normalized spacial score (nSPS) is 10.4. The van der Waals surface area contributed by atoms with E-state index in [1.165, 1.54) is 0 Å². The van der Waals surface area contributed by atoms with Crippen LogP contribution in [0.2, 0.25) is 0 Å². The molecule has 1 aromatic rings. The molecule has 0 aromatic carbocycles. The molecule has 1 aromatic heterocycles. The van der Waals surface area contributed by atoms with E-state index in [-0.39, 0.29) is 0 Å². The summed E-state index contributed by atoms with van der Waals surface area (Å²) < 4.78 is 5.38. The predicted molar refractivity (Wildman–Crippen MR) is 65.2 cm³/mol. The first-order valence-electron chi connectivity index (χ1n) is 5.53. The molecule has 1 N–H and O–H groups in total. The van der Waals surface area contributed by atoms with E-state index in [1.54, 1.807) is 6.26 Å². The maximum Gasteiger partial charge on any atom is 0.298 e. The zero-order valence-corrected chi connectivity index (χ0v) is 10.2. The summed E-state index contributed by atoms with van der Waals surface area (Å²) in [6.45, 7) is 8.24. The lowest BCUT2D eigenvalue weighted by atomic mass is 10.4. The number of oxazole rings is 1. The van der Waals surface area contributed by atoms with Crippen LogP contribution in [0.15, 0.2) is 10.7 Å². The predicted octanol–water partition coefficient (Wildman–Crippen LogP) is 1.63. The lowest BCUT2D eigenvalue weighted by molar-refractivity contribution is 0.539. The summed E-state index contributed by atoms with van der Waals surface area (Å²) in [4.78, 5) is 6.29. The van der Waals surface area contributed by atoms with Crippen molar-refractivity contribution in [1.29, 1.82) is 0 Å². The molecule has 0 unspecified atom stereocenters. The van der Waals surface area contributed by atoms with Crippen molar-refractivity contribution in [3.8, 4) is 12.3 Å². The Bertz CT molecular complexity index is 351. The summed E-state index contributed by atoms with van der Waals surface area (Å²) in [5, 5.41) is 3.28. The quantitative estimate of drug-likeness (QED) is 0.741. The molecule has 0 spiro atoms. The zero-order valence-electron chi connectivity index (χ0n) is 10.2. The fourth-order valence-electron chi connectivity index (χ4n) is 1.26. The Morgan fingerprint density at radius 1 is 1.62 bits per heavy atom. The van der Waals surface area contributed by atoms with Crippen molar-refractivity contribution in [3.05, 3.63) is 12.0 Å². The van der Waals surface area contributed by atoms with Crippen molar-refractivity contribution in [2.45, 2.75) is 33.4 Å². The van der Waals surface area contributed by atoms with Gasteiger partial charge in [0.2, 0.25) is 0 Å². The minimum absolute atomic E-state index is 0.438. The van der Waals surface area contributed by atoms with Gasteiger partial charge in [-0.25, -0.2) is 0 Å². The molecule has 16 heavy (non-hydrogen) atoms. The maximum atomic E-state index is 5.38. The largest absolute Gasteiger partial charge is 0.432 e. The highest BCUT2D eigenvalue weighted by molar-refractivity contribution is 5.29. The molecule has 1 heterocycles. The second-order valence-electron chi connectivity index (χ2n) is 3.88. The van der Waals surface area contributed by atoms with Gasteiger partial charge in [0.05, 0.1) is 12.2 Å². The van der Waals surface area contributed by atoms with Crippen molar-refractivity contribution in [3.63, 3.8) is 0 Å². The van der Waals surface area contributed by atoms with Gasteiger partial charge >= 0.3 is 0 Å². The minimum Gasteiger partial charge on any atom is -0.432 e. The molecule has 4 heteroatoms. The van der Waals surface area contributed by atoms with Gasteiger partial charge < -0.3 is 14.6 Å². The number of terminal acetylenes is 1. The van der Waals surface area contributed by atoms with Crippen LogP contribution < -0.4 is 10.2 Å². The van der Waals surface area contributed by atoms with Gasteiger partial charge in [-0.3, -0.25) is 0 Å². The number of rotatable bonds is 6. The molecule has 0 fully saturated rings. The topological polar surface area (TPSA) is 41.3 Å². The smallest absolute Gasteiger partial charge is 0.298 e. The Morgan fingerprint density at radius 2 is 2.38 bits per heavy atom. The van der Waals surface area contributed by atoms with Crippen LogP contribution in [-0.2, 0) is 6.54 Å². The summed E-state index contributed by atoms with van der Waals surface area (Å²) in [7, 11) is 0. The zero-order chi connectivity index (χ0) is 12.0. The van der Waals surface area contributed by atoms with Crippen molar-refractivity contribution < 1.29 is 4.42 Å². The molecule has 0 amide bonds. The van der Waals surface area contributed by atoms with E-state index in [4.69, 9.17) is 10.8 Å². The van der Waals surface area contributed by atoms with Crippen LogP contribution in [0, 0.1) is 12.3 Å². The lowest BCUT2D eigenvalue weighted by Gasteiger charge is -2.14. The highest BCUT2D eigenvalue weighted by Gasteiger charge is 2.10. The van der Waals surface area contributed by atoms with Gasteiger partial charge in [-0.2, -0.15) is 4.98 Å². The Hall–Kier alpha value is -1.47. The molecule has 0 aliphatic carbocycles. The van der Waals surface area contributed by atoms with Gasteiger partial charge in [-0.1, -0.05) is 19.8 Å². The molecule has 0 radical (unpaired) electrons.